The van der Waals surface area contributed by atoms with Gasteiger partial charge in [0.25, 0.3) is 0 Å². The van der Waals surface area contributed by atoms with Crippen LogP contribution in [0.1, 0.15) is 38.8 Å². The van der Waals surface area contributed by atoms with Crippen molar-refractivity contribution in [2.45, 2.75) is 39.9 Å². The van der Waals surface area contributed by atoms with Gasteiger partial charge in [-0.25, -0.2) is 4.39 Å². The number of halogens is 1. The summed E-state index contributed by atoms with van der Waals surface area (Å²) in [7, 11) is 0. The van der Waals surface area contributed by atoms with E-state index >= 15 is 0 Å². The van der Waals surface area contributed by atoms with Crippen LogP contribution in [0.2, 0.25) is 0 Å². The van der Waals surface area contributed by atoms with Crippen LogP contribution in [-0.2, 0) is 0 Å². The van der Waals surface area contributed by atoms with Gasteiger partial charge in [0.2, 0.25) is 0 Å². The maximum absolute atomic E-state index is 14.0. The lowest BCUT2D eigenvalue weighted by molar-refractivity contribution is 0.231. The van der Waals surface area contributed by atoms with Crippen molar-refractivity contribution in [2.24, 2.45) is 4.99 Å². The molecule has 0 aromatic heterocycles. The van der Waals surface area contributed by atoms with Gasteiger partial charge < -0.3 is 9.47 Å². The molecule has 2 aromatic carbocycles. The molecule has 3 nitrogen and oxygen atoms in total. The van der Waals surface area contributed by atoms with E-state index < -0.39 is 0 Å². The Labute approximate surface area is 172 Å². The Balaban J connectivity index is 1.88. The zero-order chi connectivity index (χ0) is 21.2. The largest absolute Gasteiger partial charge is 0.491 e. The minimum Gasteiger partial charge on any atom is -0.491 e. The first-order chi connectivity index (χ1) is 13.8. The lowest BCUT2D eigenvalue weighted by atomic mass is 10.1. The van der Waals surface area contributed by atoms with E-state index in [0.29, 0.717) is 5.56 Å². The fourth-order valence-electron chi connectivity index (χ4n) is 2.47. The number of ether oxygens (including phenoxy) is 2. The number of allylic oxidation sites excluding steroid dienone is 3. The molecule has 152 valence electrons. The molecule has 0 fully saturated rings. The minimum atomic E-state index is -0.383. The Hall–Kier alpha value is -3.14. The van der Waals surface area contributed by atoms with Gasteiger partial charge in [-0.1, -0.05) is 30.9 Å². The van der Waals surface area contributed by atoms with Gasteiger partial charge in [0, 0.05) is 12.4 Å². The lowest BCUT2D eigenvalue weighted by Gasteiger charge is -2.10. The molecule has 0 radical (unpaired) electrons. The molecule has 0 saturated carbocycles. The second-order valence-corrected chi connectivity index (χ2v) is 7.05. The summed E-state index contributed by atoms with van der Waals surface area (Å²) >= 11 is 0. The predicted octanol–water partition coefficient (Wildman–Crippen LogP) is 6.71. The van der Waals surface area contributed by atoms with Crippen molar-refractivity contribution in [3.63, 3.8) is 0 Å². The molecule has 0 heterocycles. The summed E-state index contributed by atoms with van der Waals surface area (Å²) in [4.78, 5) is 4.17. The van der Waals surface area contributed by atoms with E-state index in [1.807, 2.05) is 64.1 Å². The van der Waals surface area contributed by atoms with Gasteiger partial charge in [-0.15, -0.1) is 0 Å². The van der Waals surface area contributed by atoms with Gasteiger partial charge >= 0.3 is 0 Å². The van der Waals surface area contributed by atoms with E-state index in [2.05, 4.69) is 11.6 Å². The molecule has 0 unspecified atom stereocenters. The van der Waals surface area contributed by atoms with E-state index in [-0.39, 0.29) is 23.8 Å². The lowest BCUT2D eigenvalue weighted by Crippen LogP contribution is -2.06. The van der Waals surface area contributed by atoms with E-state index in [1.165, 1.54) is 6.07 Å². The second kappa shape index (κ2) is 11.0. The van der Waals surface area contributed by atoms with Crippen molar-refractivity contribution >= 4 is 17.9 Å². The monoisotopic (exact) mass is 393 g/mol. The molecule has 0 saturated heterocycles. The predicted molar refractivity (Wildman–Crippen MR) is 120 cm³/mol. The highest BCUT2D eigenvalue weighted by atomic mass is 19.1. The van der Waals surface area contributed by atoms with Crippen LogP contribution in [0, 0.1) is 5.82 Å². The molecule has 0 aliphatic heterocycles. The van der Waals surface area contributed by atoms with E-state index in [0.717, 1.165) is 16.9 Å². The average molecular weight is 394 g/mol. The molecule has 0 bridgehead atoms. The van der Waals surface area contributed by atoms with Gasteiger partial charge in [-0.3, -0.25) is 4.99 Å². The fourth-order valence-corrected chi connectivity index (χ4v) is 2.47. The number of benzene rings is 2. The van der Waals surface area contributed by atoms with Crippen LogP contribution in [-0.4, -0.2) is 18.4 Å². The Morgan fingerprint density at radius 1 is 1.00 bits per heavy atom. The smallest absolute Gasteiger partial charge is 0.165 e. The van der Waals surface area contributed by atoms with Crippen LogP contribution in [0.4, 0.5) is 4.39 Å². The van der Waals surface area contributed by atoms with Gasteiger partial charge in [-0.05, 0) is 80.8 Å². The first-order valence-corrected chi connectivity index (χ1v) is 9.63. The molecule has 0 amide bonds. The van der Waals surface area contributed by atoms with E-state index in [9.17, 15) is 4.39 Å². The number of rotatable bonds is 9. The van der Waals surface area contributed by atoms with Crippen LogP contribution >= 0.6 is 0 Å². The maximum atomic E-state index is 14.0. The van der Waals surface area contributed by atoms with Crippen LogP contribution in [0.3, 0.4) is 0 Å². The van der Waals surface area contributed by atoms with Crippen LogP contribution in [0.15, 0.2) is 72.4 Å². The summed E-state index contributed by atoms with van der Waals surface area (Å²) in [6.07, 6.45) is 8.78. The minimum absolute atomic E-state index is 0.0664. The topological polar surface area (TPSA) is 30.8 Å². The summed E-state index contributed by atoms with van der Waals surface area (Å²) in [6, 6.07) is 12.7. The van der Waals surface area contributed by atoms with Gasteiger partial charge in [-0.2, -0.15) is 0 Å². The number of nitrogens with zero attached hydrogens (tertiary/aromatic N) is 1. The molecular weight excluding hydrogens is 365 g/mol. The quantitative estimate of drug-likeness (QED) is 0.350. The highest BCUT2D eigenvalue weighted by Crippen LogP contribution is 2.21. The molecule has 0 N–H and O–H groups in total. The summed E-state index contributed by atoms with van der Waals surface area (Å²) in [5.41, 5.74) is 2.60. The first-order valence-electron chi connectivity index (χ1n) is 9.63. The normalized spacial score (nSPS) is 12.0. The average Bonchev–Trinajstić information content (AvgIpc) is 2.66. The van der Waals surface area contributed by atoms with Crippen LogP contribution in [0.25, 0.3) is 11.6 Å². The third-order valence-electron chi connectivity index (χ3n) is 3.74. The summed E-state index contributed by atoms with van der Waals surface area (Å²) in [5.74, 6) is 0.712. The number of hydrogen-bond acceptors (Lipinski definition) is 3. The number of aliphatic imine (C=N–C) groups is 1. The van der Waals surface area contributed by atoms with Crippen LogP contribution in [0.5, 0.6) is 11.5 Å². The fraction of sp³-hybridized carbons (Fsp3) is 0.240. The SMILES string of the molecule is C=C(\C=C/C=N\C=C\c1ccc(OC(C)C)c(F)c1)c1ccc(OC(C)C)cc1. The van der Waals surface area contributed by atoms with Crippen molar-refractivity contribution in [1.82, 2.24) is 0 Å². The summed E-state index contributed by atoms with van der Waals surface area (Å²) in [5, 5.41) is 0. The van der Waals surface area contributed by atoms with Crippen molar-refractivity contribution in [1.29, 1.82) is 0 Å². The summed E-state index contributed by atoms with van der Waals surface area (Å²) < 4.78 is 25.0. The third kappa shape index (κ3) is 7.78. The molecular formula is C25H28FNO2. The molecule has 0 aliphatic rings. The highest BCUT2D eigenvalue weighted by Gasteiger charge is 2.05. The number of hydrogen-bond donors (Lipinski definition) is 0. The Morgan fingerprint density at radius 2 is 1.69 bits per heavy atom. The Bertz CT molecular complexity index is 894. The molecule has 4 heteroatoms. The standard InChI is InChI=1S/C25H28FNO2/c1-18(2)28-23-11-9-22(10-12-23)20(5)7-6-15-27-16-14-21-8-13-25(24(26)17-21)29-19(3)4/h6-19H,5H2,1-4H3/b7-6-,16-14+,27-15-. The molecule has 29 heavy (non-hydrogen) atoms. The third-order valence-corrected chi connectivity index (χ3v) is 3.74. The molecule has 0 spiro atoms. The zero-order valence-corrected chi connectivity index (χ0v) is 17.4. The second-order valence-electron chi connectivity index (χ2n) is 7.05. The Morgan fingerprint density at radius 3 is 2.31 bits per heavy atom. The molecule has 0 atom stereocenters. The highest BCUT2D eigenvalue weighted by molar-refractivity contribution is 5.80. The van der Waals surface area contributed by atoms with Crippen molar-refractivity contribution in [2.75, 3.05) is 0 Å². The van der Waals surface area contributed by atoms with E-state index in [1.54, 1.807) is 30.6 Å². The molecule has 2 aromatic rings. The first kappa shape index (κ1) is 22.2. The van der Waals surface area contributed by atoms with Crippen molar-refractivity contribution in [3.8, 4) is 11.5 Å². The van der Waals surface area contributed by atoms with Gasteiger partial charge in [0.15, 0.2) is 11.6 Å². The van der Waals surface area contributed by atoms with Crippen molar-refractivity contribution < 1.29 is 13.9 Å². The molecule has 0 aliphatic carbocycles. The zero-order valence-electron chi connectivity index (χ0n) is 17.4. The maximum Gasteiger partial charge on any atom is 0.165 e. The van der Waals surface area contributed by atoms with E-state index in [4.69, 9.17) is 9.47 Å². The van der Waals surface area contributed by atoms with Crippen molar-refractivity contribution in [3.05, 3.63) is 84.3 Å². The van der Waals surface area contributed by atoms with Crippen LogP contribution < -0.4 is 9.47 Å². The Kier molecular flexibility index (Phi) is 8.41. The molecule has 2 rings (SSSR count). The summed E-state index contributed by atoms with van der Waals surface area (Å²) in [6.45, 7) is 11.8. The van der Waals surface area contributed by atoms with Gasteiger partial charge in [0.1, 0.15) is 5.75 Å². The van der Waals surface area contributed by atoms with Gasteiger partial charge in [0.05, 0.1) is 12.2 Å².